The minimum atomic E-state index is -0.509. The van der Waals surface area contributed by atoms with Gasteiger partial charge in [-0.1, -0.05) is 43.2 Å². The van der Waals surface area contributed by atoms with Crippen LogP contribution in [0.2, 0.25) is 0 Å². The van der Waals surface area contributed by atoms with E-state index in [-0.39, 0.29) is 17.5 Å². The predicted molar refractivity (Wildman–Crippen MR) is 179 cm³/mol. The molecule has 9 heteroatoms. The standard InChI is InChI=1S/C36H40N4O4S/c1-22-12-14-29-31(20-22)45-33(32(29)23-8-4-5-9-23)26-10-6-7-11-27(26)36(43)39-38-34(41)24-13-15-28(30(21-24)44-3)35(42)37-25-16-18-40(2)19-17-25/h6-7,10-15,20-21,23,25H,4-5,8-9,16-19H2,1-3H3,(H,37,42)(H,38,41)(H,39,43). The van der Waals surface area contributed by atoms with E-state index in [4.69, 9.17) is 4.74 Å². The molecule has 2 fully saturated rings. The number of carbonyl (C=O) groups excluding carboxylic acids is 3. The van der Waals surface area contributed by atoms with E-state index in [0.29, 0.717) is 22.8 Å². The Hall–Kier alpha value is -4.21. The van der Waals surface area contributed by atoms with Crippen molar-refractivity contribution in [1.29, 1.82) is 0 Å². The summed E-state index contributed by atoms with van der Waals surface area (Å²) in [6, 6.07) is 19.0. The summed E-state index contributed by atoms with van der Waals surface area (Å²) >= 11 is 1.73. The van der Waals surface area contributed by atoms with Gasteiger partial charge in [0.1, 0.15) is 5.75 Å². The van der Waals surface area contributed by atoms with Gasteiger partial charge in [-0.3, -0.25) is 25.2 Å². The molecule has 234 valence electrons. The zero-order valence-corrected chi connectivity index (χ0v) is 26.9. The van der Waals surface area contributed by atoms with Gasteiger partial charge in [-0.2, -0.15) is 0 Å². The van der Waals surface area contributed by atoms with Crippen molar-refractivity contribution >= 4 is 39.1 Å². The van der Waals surface area contributed by atoms with Gasteiger partial charge in [0, 0.05) is 32.3 Å². The average Bonchev–Trinajstić information content (AvgIpc) is 3.72. The van der Waals surface area contributed by atoms with E-state index in [0.717, 1.165) is 49.2 Å². The van der Waals surface area contributed by atoms with E-state index in [2.05, 4.69) is 53.2 Å². The van der Waals surface area contributed by atoms with Gasteiger partial charge in [-0.15, -0.1) is 11.3 Å². The third-order valence-electron chi connectivity index (χ3n) is 9.12. The number of methoxy groups -OCH3 is 1. The molecule has 1 aromatic heterocycles. The number of rotatable bonds is 7. The van der Waals surface area contributed by atoms with E-state index in [9.17, 15) is 14.4 Å². The van der Waals surface area contributed by atoms with Crippen LogP contribution in [0.25, 0.3) is 20.5 Å². The molecule has 6 rings (SSSR count). The summed E-state index contributed by atoms with van der Waals surface area (Å²) in [5.74, 6) is -0.371. The van der Waals surface area contributed by atoms with Gasteiger partial charge in [0.05, 0.1) is 12.7 Å². The van der Waals surface area contributed by atoms with Crippen LogP contribution < -0.4 is 20.9 Å². The molecule has 4 aromatic rings. The molecule has 2 aliphatic rings. The monoisotopic (exact) mass is 624 g/mol. The van der Waals surface area contributed by atoms with Crippen LogP contribution in [0, 0.1) is 6.92 Å². The number of ether oxygens (including phenoxy) is 1. The zero-order chi connectivity index (χ0) is 31.5. The van der Waals surface area contributed by atoms with Crippen molar-refractivity contribution in [3.8, 4) is 16.2 Å². The lowest BCUT2D eigenvalue weighted by Gasteiger charge is -2.29. The Morgan fingerprint density at radius 3 is 2.33 bits per heavy atom. The fourth-order valence-corrected chi connectivity index (χ4v) is 8.04. The fraction of sp³-hybridized carbons (Fsp3) is 0.361. The second kappa shape index (κ2) is 13.4. The summed E-state index contributed by atoms with van der Waals surface area (Å²) in [7, 11) is 3.54. The number of nitrogens with one attached hydrogen (secondary N) is 3. The third-order valence-corrected chi connectivity index (χ3v) is 10.3. The quantitative estimate of drug-likeness (QED) is 0.206. The summed E-state index contributed by atoms with van der Waals surface area (Å²) in [6.07, 6.45) is 6.52. The highest BCUT2D eigenvalue weighted by Crippen LogP contribution is 2.48. The van der Waals surface area contributed by atoms with E-state index in [1.165, 1.54) is 47.2 Å². The van der Waals surface area contributed by atoms with E-state index in [1.807, 2.05) is 18.2 Å². The minimum absolute atomic E-state index is 0.102. The molecule has 1 saturated heterocycles. The Morgan fingerprint density at radius 1 is 0.844 bits per heavy atom. The lowest BCUT2D eigenvalue weighted by Crippen LogP contribution is -2.43. The normalized spacial score (nSPS) is 16.1. The molecular formula is C36H40N4O4S. The molecule has 8 nitrogen and oxygen atoms in total. The average molecular weight is 625 g/mol. The molecule has 2 heterocycles. The Bertz CT molecular complexity index is 1730. The van der Waals surface area contributed by atoms with Crippen molar-refractivity contribution < 1.29 is 19.1 Å². The maximum Gasteiger partial charge on any atom is 0.270 e. The number of aryl methyl sites for hydroxylation is 1. The molecule has 0 unspecified atom stereocenters. The molecule has 1 aliphatic carbocycles. The van der Waals surface area contributed by atoms with Crippen molar-refractivity contribution in [3.63, 3.8) is 0 Å². The van der Waals surface area contributed by atoms with Crippen LogP contribution in [0.15, 0.2) is 60.7 Å². The summed E-state index contributed by atoms with van der Waals surface area (Å²) in [5, 5.41) is 4.36. The van der Waals surface area contributed by atoms with Crippen LogP contribution in [0.4, 0.5) is 0 Å². The SMILES string of the molecule is COc1cc(C(=O)NNC(=O)c2ccccc2-c2sc3cc(C)ccc3c2C2CCCC2)ccc1C(=O)NC1CCN(C)CC1. The summed E-state index contributed by atoms with van der Waals surface area (Å²) in [6.45, 7) is 3.97. The minimum Gasteiger partial charge on any atom is -0.496 e. The maximum atomic E-state index is 13.6. The third kappa shape index (κ3) is 6.60. The Kier molecular flexibility index (Phi) is 9.19. The second-order valence-corrected chi connectivity index (χ2v) is 13.3. The molecule has 3 amide bonds. The molecule has 45 heavy (non-hydrogen) atoms. The Labute approximate surface area is 268 Å². The molecule has 3 aromatic carbocycles. The number of likely N-dealkylation sites (tertiary alicyclic amines) is 1. The molecule has 3 N–H and O–H groups in total. The van der Waals surface area contributed by atoms with Crippen molar-refractivity contribution in [2.75, 3.05) is 27.2 Å². The lowest BCUT2D eigenvalue weighted by molar-refractivity contribution is 0.0846. The fourth-order valence-electron chi connectivity index (χ4n) is 6.61. The number of hydrazine groups is 1. The van der Waals surface area contributed by atoms with Gasteiger partial charge >= 0.3 is 0 Å². The highest BCUT2D eigenvalue weighted by atomic mass is 32.1. The molecule has 0 radical (unpaired) electrons. The van der Waals surface area contributed by atoms with Crippen molar-refractivity contribution in [1.82, 2.24) is 21.1 Å². The molecule has 1 aliphatic heterocycles. The van der Waals surface area contributed by atoms with Crippen LogP contribution >= 0.6 is 11.3 Å². The van der Waals surface area contributed by atoms with Gasteiger partial charge in [0.2, 0.25) is 0 Å². The van der Waals surface area contributed by atoms with Gasteiger partial charge < -0.3 is 15.0 Å². The van der Waals surface area contributed by atoms with Crippen molar-refractivity contribution in [3.05, 3.63) is 88.5 Å². The van der Waals surface area contributed by atoms with Crippen LogP contribution in [0.3, 0.4) is 0 Å². The Morgan fingerprint density at radius 2 is 1.58 bits per heavy atom. The van der Waals surface area contributed by atoms with E-state index >= 15 is 0 Å². The molecule has 0 spiro atoms. The predicted octanol–water partition coefficient (Wildman–Crippen LogP) is 6.44. The van der Waals surface area contributed by atoms with Crippen LogP contribution in [-0.4, -0.2) is 55.9 Å². The number of thiophene rings is 1. The molecule has 1 saturated carbocycles. The number of nitrogens with zero attached hydrogens (tertiary/aromatic N) is 1. The smallest absolute Gasteiger partial charge is 0.270 e. The summed E-state index contributed by atoms with van der Waals surface area (Å²) in [4.78, 5) is 43.0. The van der Waals surface area contributed by atoms with E-state index in [1.54, 1.807) is 29.5 Å². The summed E-state index contributed by atoms with van der Waals surface area (Å²) < 4.78 is 6.70. The summed E-state index contributed by atoms with van der Waals surface area (Å²) in [5.41, 5.74) is 9.71. The van der Waals surface area contributed by atoms with Gasteiger partial charge in [-0.25, -0.2) is 0 Å². The van der Waals surface area contributed by atoms with Gasteiger partial charge in [-0.05, 0) is 106 Å². The van der Waals surface area contributed by atoms with Crippen LogP contribution in [-0.2, 0) is 0 Å². The highest BCUT2D eigenvalue weighted by molar-refractivity contribution is 7.22. The first-order valence-electron chi connectivity index (χ1n) is 15.7. The number of carbonyl (C=O) groups is 3. The number of hydrogen-bond donors (Lipinski definition) is 3. The topological polar surface area (TPSA) is 99.8 Å². The molecule has 0 bridgehead atoms. The first-order chi connectivity index (χ1) is 21.8. The van der Waals surface area contributed by atoms with Gasteiger partial charge in [0.25, 0.3) is 17.7 Å². The number of benzene rings is 3. The first-order valence-corrected chi connectivity index (χ1v) is 16.5. The number of piperidine rings is 1. The molecule has 0 atom stereocenters. The first kappa shape index (κ1) is 30.8. The number of amides is 3. The maximum absolute atomic E-state index is 13.6. The van der Waals surface area contributed by atoms with Crippen molar-refractivity contribution in [2.24, 2.45) is 0 Å². The second-order valence-electron chi connectivity index (χ2n) is 12.2. The van der Waals surface area contributed by atoms with Crippen LogP contribution in [0.1, 0.15) is 86.6 Å². The largest absolute Gasteiger partial charge is 0.496 e. The highest BCUT2D eigenvalue weighted by Gasteiger charge is 2.27. The van der Waals surface area contributed by atoms with E-state index < -0.39 is 11.8 Å². The van der Waals surface area contributed by atoms with Crippen LogP contribution in [0.5, 0.6) is 5.75 Å². The zero-order valence-electron chi connectivity index (χ0n) is 26.1. The number of hydrogen-bond acceptors (Lipinski definition) is 6. The van der Waals surface area contributed by atoms with Crippen molar-refractivity contribution in [2.45, 2.75) is 57.4 Å². The number of fused-ring (bicyclic) bond motifs is 1. The molecular weight excluding hydrogens is 584 g/mol. The lowest BCUT2D eigenvalue weighted by atomic mass is 9.91. The Balaban J connectivity index is 1.18. The van der Waals surface area contributed by atoms with Gasteiger partial charge in [0.15, 0.2) is 0 Å².